The molecule has 1 amide bonds. The van der Waals surface area contributed by atoms with Gasteiger partial charge in [-0.15, -0.1) is 0 Å². The number of methoxy groups -OCH3 is 1. The lowest BCUT2D eigenvalue weighted by Gasteiger charge is -2.32. The minimum Gasteiger partial charge on any atom is -0.484 e. The maximum atomic E-state index is 12.0. The van der Waals surface area contributed by atoms with Crippen LogP contribution in [-0.2, 0) is 22.5 Å². The van der Waals surface area contributed by atoms with Gasteiger partial charge in [0.2, 0.25) is 0 Å². The van der Waals surface area contributed by atoms with Gasteiger partial charge < -0.3 is 20.1 Å². The molecule has 0 atom stereocenters. The van der Waals surface area contributed by atoms with Crippen molar-refractivity contribution in [1.29, 1.82) is 0 Å². The number of carbonyl (C=O) groups is 2. The van der Waals surface area contributed by atoms with E-state index in [1.807, 2.05) is 36.4 Å². The normalized spacial score (nSPS) is 13.0. The molecule has 0 aromatic heterocycles. The second kappa shape index (κ2) is 7.91. The molecule has 0 spiro atoms. The molecule has 0 saturated heterocycles. The summed E-state index contributed by atoms with van der Waals surface area (Å²) in [5, 5.41) is 0. The molecule has 1 aliphatic heterocycles. The first-order chi connectivity index (χ1) is 12.6. The van der Waals surface area contributed by atoms with Gasteiger partial charge in [0, 0.05) is 18.8 Å². The lowest BCUT2D eigenvalue weighted by atomic mass is 9.96. The van der Waals surface area contributed by atoms with Crippen molar-refractivity contribution in [1.82, 2.24) is 0 Å². The quantitative estimate of drug-likeness (QED) is 0.805. The Hall–Kier alpha value is -3.02. The van der Waals surface area contributed by atoms with Crippen molar-refractivity contribution in [2.24, 2.45) is 5.73 Å². The van der Waals surface area contributed by atoms with Crippen molar-refractivity contribution >= 4 is 17.6 Å². The summed E-state index contributed by atoms with van der Waals surface area (Å²) in [4.78, 5) is 25.2. The summed E-state index contributed by atoms with van der Waals surface area (Å²) in [6, 6.07) is 13.3. The highest BCUT2D eigenvalue weighted by atomic mass is 16.5. The van der Waals surface area contributed by atoms with E-state index in [0.717, 1.165) is 36.2 Å². The first-order valence-electron chi connectivity index (χ1n) is 8.53. The third-order valence-electron chi connectivity index (χ3n) is 4.41. The number of anilines is 1. The predicted octanol–water partition coefficient (Wildman–Crippen LogP) is 2.29. The Bertz CT molecular complexity index is 819. The number of amides is 1. The number of esters is 1. The number of hydrogen-bond acceptors (Lipinski definition) is 5. The highest BCUT2D eigenvalue weighted by Crippen LogP contribution is 2.31. The van der Waals surface area contributed by atoms with Crippen LogP contribution in [0.5, 0.6) is 5.75 Å². The van der Waals surface area contributed by atoms with Crippen molar-refractivity contribution in [2.75, 3.05) is 25.2 Å². The fourth-order valence-electron chi connectivity index (χ4n) is 3.27. The van der Waals surface area contributed by atoms with E-state index in [4.69, 9.17) is 15.2 Å². The van der Waals surface area contributed by atoms with Gasteiger partial charge in [0.05, 0.1) is 12.7 Å². The number of primary amides is 1. The van der Waals surface area contributed by atoms with Crippen LogP contribution in [0.25, 0.3) is 0 Å². The third-order valence-corrected chi connectivity index (χ3v) is 4.41. The van der Waals surface area contributed by atoms with Crippen LogP contribution in [0, 0.1) is 0 Å². The summed E-state index contributed by atoms with van der Waals surface area (Å²) in [6.45, 7) is 1.45. The Kier molecular flexibility index (Phi) is 5.41. The molecule has 2 aromatic rings. The average Bonchev–Trinajstić information content (AvgIpc) is 2.66. The molecule has 6 nitrogen and oxygen atoms in total. The van der Waals surface area contributed by atoms with E-state index in [0.29, 0.717) is 17.9 Å². The minimum atomic E-state index is -0.504. The Labute approximate surface area is 152 Å². The maximum absolute atomic E-state index is 12.0. The largest absolute Gasteiger partial charge is 0.484 e. The summed E-state index contributed by atoms with van der Waals surface area (Å²) >= 11 is 0. The van der Waals surface area contributed by atoms with Gasteiger partial charge in [-0.1, -0.05) is 18.2 Å². The molecule has 3 rings (SSSR count). The van der Waals surface area contributed by atoms with Gasteiger partial charge in [-0.2, -0.15) is 0 Å². The first-order valence-corrected chi connectivity index (χ1v) is 8.53. The molecule has 2 N–H and O–H groups in total. The van der Waals surface area contributed by atoms with Gasteiger partial charge in [-0.3, -0.25) is 4.79 Å². The number of ether oxygens (including phenoxy) is 2. The fraction of sp³-hybridized carbons (Fsp3) is 0.300. The van der Waals surface area contributed by atoms with E-state index in [1.165, 1.54) is 7.11 Å². The molecule has 1 heterocycles. The van der Waals surface area contributed by atoms with Gasteiger partial charge in [-0.25, -0.2) is 4.79 Å². The van der Waals surface area contributed by atoms with E-state index in [1.54, 1.807) is 6.07 Å². The number of nitrogens with two attached hydrogens (primary N) is 1. The molecule has 26 heavy (non-hydrogen) atoms. The first kappa shape index (κ1) is 17.8. The summed E-state index contributed by atoms with van der Waals surface area (Å²) in [5.74, 6) is -0.192. The van der Waals surface area contributed by atoms with Crippen LogP contribution < -0.4 is 15.4 Å². The minimum absolute atomic E-state index is 0.140. The van der Waals surface area contributed by atoms with Crippen molar-refractivity contribution in [3.8, 4) is 5.75 Å². The number of benzene rings is 2. The highest BCUT2D eigenvalue weighted by molar-refractivity contribution is 5.93. The van der Waals surface area contributed by atoms with Gasteiger partial charge in [-0.05, 0) is 48.2 Å². The summed E-state index contributed by atoms with van der Waals surface area (Å²) < 4.78 is 10.3. The van der Waals surface area contributed by atoms with Crippen LogP contribution in [0.1, 0.15) is 27.9 Å². The van der Waals surface area contributed by atoms with Crippen LogP contribution in [0.2, 0.25) is 0 Å². The Morgan fingerprint density at radius 2 is 2.00 bits per heavy atom. The van der Waals surface area contributed by atoms with Crippen molar-refractivity contribution in [3.63, 3.8) is 0 Å². The van der Waals surface area contributed by atoms with Crippen LogP contribution >= 0.6 is 0 Å². The van der Waals surface area contributed by atoms with Crippen LogP contribution in [0.4, 0.5) is 5.69 Å². The molecule has 136 valence electrons. The molecule has 2 aromatic carbocycles. The maximum Gasteiger partial charge on any atom is 0.338 e. The Morgan fingerprint density at radius 1 is 1.19 bits per heavy atom. The molecule has 6 heteroatoms. The second-order valence-corrected chi connectivity index (χ2v) is 6.22. The van der Waals surface area contributed by atoms with E-state index >= 15 is 0 Å². The van der Waals surface area contributed by atoms with E-state index in [-0.39, 0.29) is 12.6 Å². The smallest absolute Gasteiger partial charge is 0.338 e. The number of fused-ring (bicyclic) bond motifs is 1. The molecular formula is C20H22N2O4. The lowest BCUT2D eigenvalue weighted by molar-refractivity contribution is -0.119. The molecule has 0 fully saturated rings. The highest BCUT2D eigenvalue weighted by Gasteiger charge is 2.22. The monoisotopic (exact) mass is 354 g/mol. The standard InChI is InChI=1S/C20H22N2O4/c1-25-20(24)17-7-3-9-18-16(17)8-4-10-22(18)12-14-5-2-6-15(11-14)26-13-19(21)23/h2-3,5-7,9,11H,4,8,10,12-13H2,1H3,(H2,21,23). The zero-order valence-electron chi connectivity index (χ0n) is 14.7. The molecule has 0 unspecified atom stereocenters. The van der Waals surface area contributed by atoms with Gasteiger partial charge in [0.1, 0.15) is 5.75 Å². The molecule has 0 bridgehead atoms. The summed E-state index contributed by atoms with van der Waals surface area (Å²) in [7, 11) is 1.40. The summed E-state index contributed by atoms with van der Waals surface area (Å²) in [5.41, 5.74) is 8.90. The molecule has 0 saturated carbocycles. The lowest BCUT2D eigenvalue weighted by Crippen LogP contribution is -2.30. The molecule has 0 radical (unpaired) electrons. The number of hydrogen-bond donors (Lipinski definition) is 1. The number of rotatable bonds is 6. The molecular weight excluding hydrogens is 332 g/mol. The predicted molar refractivity (Wildman–Crippen MR) is 98.3 cm³/mol. The zero-order chi connectivity index (χ0) is 18.5. The fourth-order valence-corrected chi connectivity index (χ4v) is 3.27. The van der Waals surface area contributed by atoms with E-state index in [2.05, 4.69) is 4.90 Å². The zero-order valence-corrected chi connectivity index (χ0v) is 14.7. The molecule has 0 aliphatic carbocycles. The molecule has 1 aliphatic rings. The van der Waals surface area contributed by atoms with Crippen molar-refractivity contribution in [2.45, 2.75) is 19.4 Å². The van der Waals surface area contributed by atoms with Gasteiger partial charge in [0.25, 0.3) is 5.91 Å². The van der Waals surface area contributed by atoms with Crippen molar-refractivity contribution < 1.29 is 19.1 Å². The second-order valence-electron chi connectivity index (χ2n) is 6.22. The third kappa shape index (κ3) is 3.96. The van der Waals surface area contributed by atoms with Crippen LogP contribution in [0.3, 0.4) is 0 Å². The number of carbonyl (C=O) groups excluding carboxylic acids is 2. The van der Waals surface area contributed by atoms with Crippen molar-refractivity contribution in [3.05, 3.63) is 59.2 Å². The van der Waals surface area contributed by atoms with Gasteiger partial charge in [0.15, 0.2) is 6.61 Å². The van der Waals surface area contributed by atoms with E-state index in [9.17, 15) is 9.59 Å². The number of nitrogens with zero attached hydrogens (tertiary/aromatic N) is 1. The van der Waals surface area contributed by atoms with Gasteiger partial charge >= 0.3 is 5.97 Å². The van der Waals surface area contributed by atoms with Crippen LogP contribution in [-0.4, -0.2) is 32.1 Å². The van der Waals surface area contributed by atoms with E-state index < -0.39 is 5.91 Å². The Balaban J connectivity index is 1.82. The Morgan fingerprint density at radius 3 is 2.77 bits per heavy atom. The average molecular weight is 354 g/mol. The topological polar surface area (TPSA) is 81.9 Å². The van der Waals surface area contributed by atoms with Crippen LogP contribution in [0.15, 0.2) is 42.5 Å². The SMILES string of the molecule is COC(=O)c1cccc2c1CCCN2Cc1cccc(OCC(N)=O)c1. The summed E-state index contributed by atoms with van der Waals surface area (Å²) in [6.07, 6.45) is 1.83.